The highest BCUT2D eigenvalue weighted by atomic mass is 19.4. The molecule has 12 heteroatoms. The van der Waals surface area contributed by atoms with Gasteiger partial charge >= 0.3 is 6.18 Å². The molecule has 238 valence electrons. The predicted molar refractivity (Wildman–Crippen MR) is 164 cm³/mol. The van der Waals surface area contributed by atoms with Gasteiger partial charge in [-0.15, -0.1) is 0 Å². The number of unbranched alkanes of at least 4 members (excludes halogenated alkanes) is 2. The number of amides is 1. The number of aliphatic hydroxyl groups is 1. The van der Waals surface area contributed by atoms with Crippen molar-refractivity contribution in [1.29, 1.82) is 0 Å². The Morgan fingerprint density at radius 3 is 2.68 bits per heavy atom. The number of alkyl halides is 4. The molecular weight excluding hydrogens is 578 g/mol. The molecule has 1 aliphatic heterocycles. The first-order valence-corrected chi connectivity index (χ1v) is 14.7. The number of aromatic nitrogens is 1. The van der Waals surface area contributed by atoms with Gasteiger partial charge < -0.3 is 35.3 Å². The van der Waals surface area contributed by atoms with E-state index in [0.717, 1.165) is 17.5 Å². The monoisotopic (exact) mass is 617 g/mol. The van der Waals surface area contributed by atoms with Crippen molar-refractivity contribution in [1.82, 2.24) is 14.8 Å². The maximum absolute atomic E-state index is 14.7. The van der Waals surface area contributed by atoms with E-state index in [2.05, 4.69) is 27.8 Å². The molecule has 1 aromatic heterocycles. The molecule has 1 saturated heterocycles. The number of hydrogen-bond donors (Lipinski definition) is 4. The van der Waals surface area contributed by atoms with Crippen molar-refractivity contribution in [2.75, 3.05) is 57.6 Å². The fraction of sp³-hybridized carbons (Fsp3) is 0.469. The summed E-state index contributed by atoms with van der Waals surface area (Å²) in [6, 6.07) is 11.1. The number of fused-ring (bicyclic) bond motifs is 1. The summed E-state index contributed by atoms with van der Waals surface area (Å²) in [5, 5.41) is 18.5. The Hall–Kier alpha value is -3.95. The van der Waals surface area contributed by atoms with Crippen molar-refractivity contribution in [3.05, 3.63) is 53.7 Å². The van der Waals surface area contributed by atoms with Gasteiger partial charge in [-0.1, -0.05) is 12.0 Å². The third-order valence-electron chi connectivity index (χ3n) is 7.48. The Morgan fingerprint density at radius 2 is 1.95 bits per heavy atom. The maximum Gasteiger partial charge on any atom is 0.406 e. The zero-order valence-corrected chi connectivity index (χ0v) is 24.9. The molecule has 1 aliphatic rings. The number of nitrogens with one attached hydrogen (secondary N) is 3. The van der Waals surface area contributed by atoms with Crippen molar-refractivity contribution in [3.63, 3.8) is 0 Å². The molecule has 2 heterocycles. The van der Waals surface area contributed by atoms with E-state index in [1.54, 1.807) is 42.5 Å². The normalized spacial score (nSPS) is 17.2. The van der Waals surface area contributed by atoms with Crippen molar-refractivity contribution < 1.29 is 32.2 Å². The van der Waals surface area contributed by atoms with Crippen LogP contribution in [0.5, 0.6) is 5.75 Å². The van der Waals surface area contributed by atoms with Crippen LogP contribution >= 0.6 is 0 Å². The van der Waals surface area contributed by atoms with E-state index < -0.39 is 24.9 Å². The van der Waals surface area contributed by atoms with Gasteiger partial charge in [-0.2, -0.15) is 13.2 Å². The van der Waals surface area contributed by atoms with Crippen LogP contribution in [0.3, 0.4) is 0 Å². The van der Waals surface area contributed by atoms with Crippen LogP contribution in [0.15, 0.2) is 42.5 Å². The van der Waals surface area contributed by atoms with Gasteiger partial charge in [0.1, 0.15) is 18.5 Å². The molecule has 4 rings (SSSR count). The molecule has 2 atom stereocenters. The standard InChI is InChI=1S/C32H39F4N5O3/c1-37-31(43)22-11-12-28(30(18-22)44-17-5-3-4-16-42)38-14-7-8-23-19-24-26(39-27-13-15-40(2)20-25(27)33)9-6-10-29(24)41(23)21-32(34,35)36/h6,9-12,18-19,25,27,38-39,42H,3-5,13-17,20-21H2,1-2H3,(H,37,43)/t25-,27+/m0/s1. The number of ether oxygens (including phenoxy) is 1. The third kappa shape index (κ3) is 8.80. The Morgan fingerprint density at radius 1 is 1.14 bits per heavy atom. The summed E-state index contributed by atoms with van der Waals surface area (Å²) in [5.74, 6) is 5.96. The lowest BCUT2D eigenvalue weighted by atomic mass is 10.0. The molecule has 0 saturated carbocycles. The van der Waals surface area contributed by atoms with Gasteiger partial charge in [-0.05, 0) is 75.0 Å². The van der Waals surface area contributed by atoms with Crippen LogP contribution in [0.25, 0.3) is 10.9 Å². The van der Waals surface area contributed by atoms with E-state index in [4.69, 9.17) is 9.84 Å². The average molecular weight is 618 g/mol. The van der Waals surface area contributed by atoms with Gasteiger partial charge in [0, 0.05) is 43.4 Å². The van der Waals surface area contributed by atoms with Gasteiger partial charge in [0.05, 0.1) is 36.1 Å². The smallest absolute Gasteiger partial charge is 0.406 e. The number of aliphatic hydroxyl groups excluding tert-OH is 1. The number of rotatable bonds is 12. The van der Waals surface area contributed by atoms with E-state index >= 15 is 0 Å². The lowest BCUT2D eigenvalue weighted by Gasteiger charge is -2.33. The summed E-state index contributed by atoms with van der Waals surface area (Å²) >= 11 is 0. The molecule has 0 spiro atoms. The van der Waals surface area contributed by atoms with E-state index in [9.17, 15) is 22.4 Å². The Bertz CT molecular complexity index is 1480. The van der Waals surface area contributed by atoms with Crippen LogP contribution in [-0.4, -0.2) is 85.8 Å². The summed E-state index contributed by atoms with van der Waals surface area (Å²) in [6.07, 6.45) is -2.83. The minimum atomic E-state index is -4.47. The predicted octanol–water partition coefficient (Wildman–Crippen LogP) is 5.02. The van der Waals surface area contributed by atoms with Crippen molar-refractivity contribution >= 4 is 28.2 Å². The zero-order chi connectivity index (χ0) is 31.7. The van der Waals surface area contributed by atoms with Crippen LogP contribution < -0.4 is 20.7 Å². The highest BCUT2D eigenvalue weighted by Crippen LogP contribution is 2.32. The van der Waals surface area contributed by atoms with Crippen LogP contribution in [0, 0.1) is 11.8 Å². The third-order valence-corrected chi connectivity index (χ3v) is 7.48. The Balaban J connectivity index is 1.56. The SMILES string of the molecule is CNC(=O)c1ccc(NCC#Cc2cc3c(N[C@@H]4CCN(C)C[C@@H]4F)cccc3n2CC(F)(F)F)c(OCCCCCO)c1. The number of likely N-dealkylation sites (tertiary alicyclic amines) is 1. The van der Waals surface area contributed by atoms with Gasteiger partial charge in [-0.3, -0.25) is 4.79 Å². The number of nitrogens with zero attached hydrogens (tertiary/aromatic N) is 2. The average Bonchev–Trinajstić information content (AvgIpc) is 3.33. The first-order valence-electron chi connectivity index (χ1n) is 14.7. The van der Waals surface area contributed by atoms with Gasteiger partial charge in [-0.25, -0.2) is 4.39 Å². The molecule has 8 nitrogen and oxygen atoms in total. The molecule has 0 unspecified atom stereocenters. The van der Waals surface area contributed by atoms with E-state index in [-0.39, 0.29) is 31.3 Å². The van der Waals surface area contributed by atoms with Crippen molar-refractivity contribution in [3.8, 4) is 17.6 Å². The van der Waals surface area contributed by atoms with Crippen LogP contribution in [0.4, 0.5) is 28.9 Å². The summed E-state index contributed by atoms with van der Waals surface area (Å²) in [6.45, 7) is 0.375. The van der Waals surface area contributed by atoms with Crippen molar-refractivity contribution in [2.45, 2.75) is 50.6 Å². The highest BCUT2D eigenvalue weighted by Gasteiger charge is 2.31. The number of piperidine rings is 1. The van der Waals surface area contributed by atoms with E-state index in [1.165, 1.54) is 7.05 Å². The summed E-state index contributed by atoms with van der Waals surface area (Å²) < 4.78 is 62.6. The number of anilines is 2. The maximum atomic E-state index is 14.7. The number of benzene rings is 2. The van der Waals surface area contributed by atoms with Gasteiger partial charge in [0.25, 0.3) is 5.91 Å². The fourth-order valence-corrected chi connectivity index (χ4v) is 5.20. The molecule has 1 amide bonds. The second-order valence-electron chi connectivity index (χ2n) is 10.9. The van der Waals surface area contributed by atoms with Crippen molar-refractivity contribution in [2.24, 2.45) is 0 Å². The zero-order valence-electron chi connectivity index (χ0n) is 24.9. The lowest BCUT2D eigenvalue weighted by Crippen LogP contribution is -2.46. The molecule has 0 aliphatic carbocycles. The lowest BCUT2D eigenvalue weighted by molar-refractivity contribution is -0.140. The van der Waals surface area contributed by atoms with Gasteiger partial charge in [0.15, 0.2) is 0 Å². The second kappa shape index (κ2) is 15.2. The molecule has 3 aromatic rings. The summed E-state index contributed by atoms with van der Waals surface area (Å²) in [5.41, 5.74) is 2.10. The number of hydrogen-bond acceptors (Lipinski definition) is 6. The van der Waals surface area contributed by atoms with Crippen LogP contribution in [0.2, 0.25) is 0 Å². The molecule has 4 N–H and O–H groups in total. The molecule has 0 bridgehead atoms. The molecule has 2 aromatic carbocycles. The summed E-state index contributed by atoms with van der Waals surface area (Å²) in [7, 11) is 3.39. The first kappa shape index (κ1) is 33.0. The second-order valence-corrected chi connectivity index (χ2v) is 10.9. The molecule has 0 radical (unpaired) electrons. The molecular formula is C32H39F4N5O3. The number of halogens is 4. The Kier molecular flexibility index (Phi) is 11.4. The van der Waals surface area contributed by atoms with Crippen LogP contribution in [0.1, 0.15) is 41.7 Å². The Labute approximate surface area is 254 Å². The largest absolute Gasteiger partial charge is 0.491 e. The molecule has 1 fully saturated rings. The fourth-order valence-electron chi connectivity index (χ4n) is 5.20. The number of carbonyl (C=O) groups excluding carboxylic acids is 1. The van der Waals surface area contributed by atoms with Gasteiger partial charge in [0.2, 0.25) is 0 Å². The van der Waals surface area contributed by atoms with Crippen LogP contribution in [-0.2, 0) is 6.54 Å². The minimum absolute atomic E-state index is 0.0952. The highest BCUT2D eigenvalue weighted by molar-refractivity contribution is 5.95. The topological polar surface area (TPSA) is 90.8 Å². The van der Waals surface area contributed by atoms with E-state index in [1.807, 2.05) is 11.9 Å². The summed E-state index contributed by atoms with van der Waals surface area (Å²) in [4.78, 5) is 14.0. The molecule has 44 heavy (non-hydrogen) atoms. The first-order chi connectivity index (χ1) is 21.1. The quantitative estimate of drug-likeness (QED) is 0.130. The minimum Gasteiger partial charge on any atom is -0.491 e. The number of carbonyl (C=O) groups is 1. The van der Waals surface area contributed by atoms with E-state index in [0.29, 0.717) is 59.5 Å².